The van der Waals surface area contributed by atoms with Gasteiger partial charge in [-0.1, -0.05) is 24.3 Å². The van der Waals surface area contributed by atoms with Crippen molar-refractivity contribution in [1.82, 2.24) is 10.2 Å². The van der Waals surface area contributed by atoms with Crippen LogP contribution in [-0.2, 0) is 15.1 Å². The zero-order valence-electron chi connectivity index (χ0n) is 16.9. The Morgan fingerprint density at radius 2 is 1.84 bits per heavy atom. The fraction of sp³-hybridized carbons (Fsp3) is 0.286. The molecule has 8 nitrogen and oxygen atoms in total. The number of para-hydroxylation sites is 2. The zero-order chi connectivity index (χ0) is 22.6. The van der Waals surface area contributed by atoms with Gasteiger partial charge in [-0.25, -0.2) is 4.79 Å². The van der Waals surface area contributed by atoms with E-state index in [1.165, 1.54) is 31.2 Å². The van der Waals surface area contributed by atoms with Crippen molar-refractivity contribution in [2.45, 2.75) is 26.0 Å². The smallest absolute Gasteiger partial charge is 0.387 e. The number of nitrogens with one attached hydrogen (secondary N) is 2. The number of anilines is 1. The number of rotatable bonds is 8. The monoisotopic (exact) mass is 433 g/mol. The molecule has 31 heavy (non-hydrogen) atoms. The van der Waals surface area contributed by atoms with E-state index in [4.69, 9.17) is 4.74 Å². The summed E-state index contributed by atoms with van der Waals surface area (Å²) in [5, 5.41) is 5.18. The number of halogens is 2. The Morgan fingerprint density at radius 1 is 1.16 bits per heavy atom. The van der Waals surface area contributed by atoms with E-state index in [2.05, 4.69) is 15.4 Å². The van der Waals surface area contributed by atoms with E-state index in [1.807, 2.05) is 0 Å². The van der Waals surface area contributed by atoms with E-state index in [1.54, 1.807) is 31.2 Å². The summed E-state index contributed by atoms with van der Waals surface area (Å²) in [6, 6.07) is 11.4. The number of hydrogen-bond donors (Lipinski definition) is 2. The molecule has 2 N–H and O–H groups in total. The molecule has 2 aromatic carbocycles. The van der Waals surface area contributed by atoms with E-state index in [-0.39, 0.29) is 5.75 Å². The fourth-order valence-corrected chi connectivity index (χ4v) is 3.19. The summed E-state index contributed by atoms with van der Waals surface area (Å²) < 4.78 is 34.4. The maximum Gasteiger partial charge on any atom is 0.387 e. The third-order valence-corrected chi connectivity index (χ3v) is 4.69. The number of carbonyl (C=O) groups excluding carboxylic acids is 3. The summed E-state index contributed by atoms with van der Waals surface area (Å²) in [5.41, 5.74) is -0.680. The minimum atomic E-state index is -2.98. The van der Waals surface area contributed by atoms with Crippen LogP contribution in [0.5, 0.6) is 11.5 Å². The molecule has 1 atom stereocenters. The molecule has 0 spiro atoms. The molecule has 0 aromatic heterocycles. The van der Waals surface area contributed by atoms with Crippen molar-refractivity contribution in [2.75, 3.05) is 18.5 Å². The van der Waals surface area contributed by atoms with Crippen molar-refractivity contribution in [2.24, 2.45) is 0 Å². The van der Waals surface area contributed by atoms with Gasteiger partial charge in [0.2, 0.25) is 5.91 Å². The van der Waals surface area contributed by atoms with Gasteiger partial charge in [0.15, 0.2) is 0 Å². The van der Waals surface area contributed by atoms with Crippen LogP contribution in [-0.4, -0.2) is 42.5 Å². The summed E-state index contributed by atoms with van der Waals surface area (Å²) in [5.74, 6) is -0.844. The van der Waals surface area contributed by atoms with Gasteiger partial charge in [-0.15, -0.1) is 0 Å². The largest absolute Gasteiger partial charge is 0.492 e. The number of amides is 4. The molecule has 10 heteroatoms. The second-order valence-electron chi connectivity index (χ2n) is 6.83. The summed E-state index contributed by atoms with van der Waals surface area (Å²) in [6.07, 6.45) is 0. The van der Waals surface area contributed by atoms with Gasteiger partial charge in [0, 0.05) is 0 Å². The van der Waals surface area contributed by atoms with E-state index in [0.29, 0.717) is 23.6 Å². The fourth-order valence-electron chi connectivity index (χ4n) is 3.19. The second-order valence-corrected chi connectivity index (χ2v) is 6.83. The van der Waals surface area contributed by atoms with E-state index >= 15 is 0 Å². The van der Waals surface area contributed by atoms with Crippen molar-refractivity contribution < 1.29 is 32.6 Å². The molecule has 1 aliphatic heterocycles. The Labute approximate surface area is 177 Å². The number of urea groups is 1. The number of carbonyl (C=O) groups is 3. The Hall–Kier alpha value is -3.69. The average Bonchev–Trinajstić information content (AvgIpc) is 2.93. The SMILES string of the molecule is CCOc1ccccc1NC(=O)CN1C(=O)N[C@](C)(c2ccc(OC(F)F)cc2)C1=O. The van der Waals surface area contributed by atoms with Crippen LogP contribution in [0.3, 0.4) is 0 Å². The van der Waals surface area contributed by atoms with Crippen LogP contribution >= 0.6 is 0 Å². The molecule has 1 fully saturated rings. The van der Waals surface area contributed by atoms with E-state index in [0.717, 1.165) is 4.90 Å². The maximum atomic E-state index is 12.9. The highest BCUT2D eigenvalue weighted by molar-refractivity contribution is 6.10. The third kappa shape index (κ3) is 4.73. The van der Waals surface area contributed by atoms with Crippen molar-refractivity contribution in [1.29, 1.82) is 0 Å². The van der Waals surface area contributed by atoms with Gasteiger partial charge in [-0.05, 0) is 43.7 Å². The first-order chi connectivity index (χ1) is 14.7. The lowest BCUT2D eigenvalue weighted by atomic mass is 9.92. The summed E-state index contributed by atoms with van der Waals surface area (Å²) >= 11 is 0. The van der Waals surface area contributed by atoms with Gasteiger partial charge >= 0.3 is 12.6 Å². The summed E-state index contributed by atoms with van der Waals surface area (Å²) in [4.78, 5) is 38.6. The molecule has 0 bridgehead atoms. The molecular formula is C21H21F2N3O5. The number of hydrogen-bond acceptors (Lipinski definition) is 5. The highest BCUT2D eigenvalue weighted by Crippen LogP contribution is 2.30. The van der Waals surface area contributed by atoms with Crippen LogP contribution in [0.1, 0.15) is 19.4 Å². The molecule has 1 saturated heterocycles. The number of nitrogens with zero attached hydrogens (tertiary/aromatic N) is 1. The highest BCUT2D eigenvalue weighted by atomic mass is 19.3. The first kappa shape index (κ1) is 22.0. The number of ether oxygens (including phenoxy) is 2. The van der Waals surface area contributed by atoms with Crippen molar-refractivity contribution >= 4 is 23.5 Å². The predicted octanol–water partition coefficient (Wildman–Crippen LogP) is 3.09. The lowest BCUT2D eigenvalue weighted by Crippen LogP contribution is -2.42. The van der Waals surface area contributed by atoms with Crippen molar-refractivity contribution in [3.63, 3.8) is 0 Å². The van der Waals surface area contributed by atoms with Crippen molar-refractivity contribution in [3.8, 4) is 11.5 Å². The molecule has 4 amide bonds. The van der Waals surface area contributed by atoms with Gasteiger partial charge < -0.3 is 20.1 Å². The molecule has 2 aromatic rings. The Bertz CT molecular complexity index is 983. The van der Waals surface area contributed by atoms with Crippen LogP contribution < -0.4 is 20.1 Å². The van der Waals surface area contributed by atoms with Crippen LogP contribution in [0, 0.1) is 0 Å². The third-order valence-electron chi connectivity index (χ3n) is 4.69. The second kappa shape index (κ2) is 8.99. The molecule has 0 aliphatic carbocycles. The summed E-state index contributed by atoms with van der Waals surface area (Å²) in [7, 11) is 0. The molecule has 1 heterocycles. The molecule has 1 aliphatic rings. The van der Waals surface area contributed by atoms with Gasteiger partial charge in [-0.2, -0.15) is 8.78 Å². The molecular weight excluding hydrogens is 412 g/mol. The zero-order valence-corrected chi connectivity index (χ0v) is 16.9. The highest BCUT2D eigenvalue weighted by Gasteiger charge is 2.49. The Kier molecular flexibility index (Phi) is 6.38. The van der Waals surface area contributed by atoms with E-state index in [9.17, 15) is 23.2 Å². The number of imide groups is 1. The van der Waals surface area contributed by atoms with Crippen LogP contribution in [0.25, 0.3) is 0 Å². The van der Waals surface area contributed by atoms with Crippen LogP contribution in [0.4, 0.5) is 19.3 Å². The molecule has 164 valence electrons. The standard InChI is InChI=1S/C21H21F2N3O5/c1-3-30-16-7-5-4-6-15(16)24-17(27)12-26-18(28)21(2,25-20(26)29)13-8-10-14(11-9-13)31-19(22)23/h4-11,19H,3,12H2,1-2H3,(H,24,27)(H,25,29)/t21-/m1/s1. The van der Waals surface area contributed by atoms with Gasteiger partial charge in [0.25, 0.3) is 5.91 Å². The molecule has 3 rings (SSSR count). The van der Waals surface area contributed by atoms with Crippen LogP contribution in [0.2, 0.25) is 0 Å². The first-order valence-electron chi connectivity index (χ1n) is 9.45. The minimum Gasteiger partial charge on any atom is -0.492 e. The predicted molar refractivity (Wildman–Crippen MR) is 107 cm³/mol. The minimum absolute atomic E-state index is 0.0803. The van der Waals surface area contributed by atoms with Gasteiger partial charge in [0.1, 0.15) is 23.6 Å². The van der Waals surface area contributed by atoms with Gasteiger partial charge in [-0.3, -0.25) is 14.5 Å². The lowest BCUT2D eigenvalue weighted by molar-refractivity contribution is -0.133. The average molecular weight is 433 g/mol. The maximum absolute atomic E-state index is 12.9. The topological polar surface area (TPSA) is 97.0 Å². The number of alkyl halides is 2. The molecule has 0 unspecified atom stereocenters. The lowest BCUT2D eigenvalue weighted by Gasteiger charge is -2.22. The molecule has 0 saturated carbocycles. The Morgan fingerprint density at radius 3 is 2.48 bits per heavy atom. The first-order valence-corrected chi connectivity index (χ1v) is 9.45. The van der Waals surface area contributed by atoms with E-state index < -0.39 is 36.5 Å². The Balaban J connectivity index is 1.72. The molecule has 0 radical (unpaired) electrons. The quantitative estimate of drug-likeness (QED) is 0.624. The number of benzene rings is 2. The normalized spacial score (nSPS) is 18.2. The summed E-state index contributed by atoms with van der Waals surface area (Å²) in [6.45, 7) is 0.195. The van der Waals surface area contributed by atoms with Gasteiger partial charge in [0.05, 0.1) is 12.3 Å². The van der Waals surface area contributed by atoms with Crippen LogP contribution in [0.15, 0.2) is 48.5 Å². The van der Waals surface area contributed by atoms with Crippen molar-refractivity contribution in [3.05, 3.63) is 54.1 Å².